The molecule has 1 aromatic rings. The molecule has 1 aliphatic carbocycles. The second-order valence-corrected chi connectivity index (χ2v) is 7.61. The number of benzene rings is 1. The van der Waals surface area contributed by atoms with Crippen molar-refractivity contribution >= 4 is 29.4 Å². The Morgan fingerprint density at radius 1 is 1.19 bits per heavy atom. The van der Waals surface area contributed by atoms with Gasteiger partial charge in [0.25, 0.3) is 5.91 Å². The highest BCUT2D eigenvalue weighted by molar-refractivity contribution is 6.30. The van der Waals surface area contributed by atoms with E-state index in [-0.39, 0.29) is 24.4 Å². The van der Waals surface area contributed by atoms with Gasteiger partial charge in [0.1, 0.15) is 12.6 Å². The van der Waals surface area contributed by atoms with Crippen LogP contribution in [0.4, 0.5) is 0 Å². The molecule has 2 fully saturated rings. The quantitative estimate of drug-likeness (QED) is 0.873. The molecule has 1 N–H and O–H groups in total. The molecular weight excluding hydrogens is 356 g/mol. The third kappa shape index (κ3) is 3.70. The van der Waals surface area contributed by atoms with Gasteiger partial charge in [-0.15, -0.1) is 0 Å². The SMILES string of the molecule is CN(CC(=O)O)C(=O)C1CC2CCCCC2N1C(=O)c1ccc(Cl)cc1. The number of aliphatic carboxylic acids is 1. The fourth-order valence-electron chi connectivity index (χ4n) is 4.25. The Bertz CT molecular complexity index is 706. The predicted molar refractivity (Wildman–Crippen MR) is 97.0 cm³/mol. The molecule has 1 aliphatic heterocycles. The van der Waals surface area contributed by atoms with Crippen LogP contribution in [-0.4, -0.2) is 58.4 Å². The number of carboxylic acid groups (broad SMARTS) is 1. The average Bonchev–Trinajstić information content (AvgIpc) is 2.99. The second kappa shape index (κ2) is 7.66. The number of halogens is 1. The van der Waals surface area contributed by atoms with E-state index in [4.69, 9.17) is 16.7 Å². The summed E-state index contributed by atoms with van der Waals surface area (Å²) in [5.41, 5.74) is 0.499. The molecule has 3 rings (SSSR count). The first-order valence-corrected chi connectivity index (χ1v) is 9.31. The fourth-order valence-corrected chi connectivity index (χ4v) is 4.38. The van der Waals surface area contributed by atoms with Crippen molar-refractivity contribution in [1.29, 1.82) is 0 Å². The van der Waals surface area contributed by atoms with E-state index in [0.29, 0.717) is 22.9 Å². The lowest BCUT2D eigenvalue weighted by Gasteiger charge is -2.34. The number of fused-ring (bicyclic) bond motifs is 1. The fraction of sp³-hybridized carbons (Fsp3) is 0.526. The van der Waals surface area contributed by atoms with E-state index in [1.165, 1.54) is 11.9 Å². The molecule has 2 aliphatic rings. The summed E-state index contributed by atoms with van der Waals surface area (Å²) in [6, 6.07) is 6.11. The predicted octanol–water partition coefficient (Wildman–Crippen LogP) is 2.66. The molecule has 3 atom stereocenters. The first-order chi connectivity index (χ1) is 12.4. The summed E-state index contributed by atoms with van der Waals surface area (Å²) < 4.78 is 0. The summed E-state index contributed by atoms with van der Waals surface area (Å²) in [6.45, 7) is -0.367. The molecule has 1 aromatic carbocycles. The number of nitrogens with zero attached hydrogens (tertiary/aromatic N) is 2. The molecule has 1 saturated carbocycles. The van der Waals surface area contributed by atoms with Gasteiger partial charge in [0.05, 0.1) is 0 Å². The van der Waals surface area contributed by atoms with E-state index < -0.39 is 12.0 Å². The Balaban J connectivity index is 1.88. The molecule has 26 heavy (non-hydrogen) atoms. The minimum absolute atomic E-state index is 0.0408. The number of carbonyl (C=O) groups is 3. The first kappa shape index (κ1) is 18.7. The van der Waals surface area contributed by atoms with Crippen molar-refractivity contribution in [2.45, 2.75) is 44.2 Å². The Kier molecular flexibility index (Phi) is 5.51. The first-order valence-electron chi connectivity index (χ1n) is 8.93. The van der Waals surface area contributed by atoms with Gasteiger partial charge in [0, 0.05) is 23.7 Å². The third-order valence-corrected chi connectivity index (χ3v) is 5.70. The zero-order valence-corrected chi connectivity index (χ0v) is 15.5. The van der Waals surface area contributed by atoms with Crippen molar-refractivity contribution in [3.63, 3.8) is 0 Å². The molecule has 0 spiro atoms. The van der Waals surface area contributed by atoms with E-state index in [1.807, 2.05) is 0 Å². The van der Waals surface area contributed by atoms with E-state index in [2.05, 4.69) is 0 Å². The van der Waals surface area contributed by atoms with Crippen LogP contribution in [0, 0.1) is 5.92 Å². The van der Waals surface area contributed by atoms with Crippen molar-refractivity contribution in [1.82, 2.24) is 9.80 Å². The smallest absolute Gasteiger partial charge is 0.323 e. The number of likely N-dealkylation sites (tertiary alicyclic amines) is 1. The number of likely N-dealkylation sites (N-methyl/N-ethyl adjacent to an activating group) is 1. The highest BCUT2D eigenvalue weighted by Gasteiger charge is 2.48. The Morgan fingerprint density at radius 3 is 2.50 bits per heavy atom. The van der Waals surface area contributed by atoms with Gasteiger partial charge in [-0.05, 0) is 49.4 Å². The lowest BCUT2D eigenvalue weighted by atomic mass is 9.84. The maximum Gasteiger partial charge on any atom is 0.323 e. The van der Waals surface area contributed by atoms with Crippen molar-refractivity contribution in [2.75, 3.05) is 13.6 Å². The van der Waals surface area contributed by atoms with Crippen LogP contribution in [0.15, 0.2) is 24.3 Å². The summed E-state index contributed by atoms with van der Waals surface area (Å²) in [4.78, 5) is 39.9. The zero-order valence-electron chi connectivity index (χ0n) is 14.7. The Hall–Kier alpha value is -2.08. The van der Waals surface area contributed by atoms with Crippen LogP contribution in [0.25, 0.3) is 0 Å². The molecule has 2 amide bonds. The maximum atomic E-state index is 13.2. The second-order valence-electron chi connectivity index (χ2n) is 7.17. The number of hydrogen-bond donors (Lipinski definition) is 1. The standard InChI is InChI=1S/C19H23ClN2O4/c1-21(11-17(23)24)19(26)16-10-13-4-2-3-5-15(13)22(16)18(25)12-6-8-14(20)9-7-12/h6-9,13,15-16H,2-5,10-11H2,1H3,(H,23,24). The topological polar surface area (TPSA) is 77.9 Å². The molecule has 7 heteroatoms. The third-order valence-electron chi connectivity index (χ3n) is 5.45. The van der Waals surface area contributed by atoms with Gasteiger partial charge >= 0.3 is 5.97 Å². The van der Waals surface area contributed by atoms with Crippen LogP contribution in [0.5, 0.6) is 0 Å². The average molecular weight is 379 g/mol. The molecule has 0 aromatic heterocycles. The summed E-state index contributed by atoms with van der Waals surface area (Å²) in [5.74, 6) is -1.25. The van der Waals surface area contributed by atoms with E-state index in [0.717, 1.165) is 25.7 Å². The van der Waals surface area contributed by atoms with Crippen molar-refractivity contribution in [3.8, 4) is 0 Å². The minimum atomic E-state index is -1.06. The van der Waals surface area contributed by atoms with Gasteiger partial charge in [-0.3, -0.25) is 14.4 Å². The van der Waals surface area contributed by atoms with Gasteiger partial charge in [-0.25, -0.2) is 0 Å². The summed E-state index contributed by atoms with van der Waals surface area (Å²) >= 11 is 5.91. The van der Waals surface area contributed by atoms with E-state index >= 15 is 0 Å². The van der Waals surface area contributed by atoms with Gasteiger partial charge in [-0.1, -0.05) is 24.4 Å². The van der Waals surface area contributed by atoms with Crippen LogP contribution in [0.3, 0.4) is 0 Å². The largest absolute Gasteiger partial charge is 0.480 e. The zero-order chi connectivity index (χ0) is 18.8. The Labute approximate surface area is 157 Å². The van der Waals surface area contributed by atoms with Crippen molar-refractivity contribution < 1.29 is 19.5 Å². The molecule has 0 radical (unpaired) electrons. The number of amides is 2. The van der Waals surface area contributed by atoms with Gasteiger partial charge < -0.3 is 14.9 Å². The number of rotatable bonds is 4. The summed E-state index contributed by atoms with van der Waals surface area (Å²) in [6.07, 6.45) is 4.64. The van der Waals surface area contributed by atoms with Crippen LogP contribution in [0.2, 0.25) is 5.02 Å². The van der Waals surface area contributed by atoms with E-state index in [9.17, 15) is 14.4 Å². The molecule has 1 heterocycles. The highest BCUT2D eigenvalue weighted by Crippen LogP contribution is 2.41. The number of hydrogen-bond acceptors (Lipinski definition) is 3. The molecule has 140 valence electrons. The normalized spacial score (nSPS) is 24.8. The highest BCUT2D eigenvalue weighted by atomic mass is 35.5. The summed E-state index contributed by atoms with van der Waals surface area (Å²) in [7, 11) is 1.48. The lowest BCUT2D eigenvalue weighted by molar-refractivity contribution is -0.145. The molecule has 6 nitrogen and oxygen atoms in total. The van der Waals surface area contributed by atoms with Gasteiger partial charge in [0.2, 0.25) is 5.91 Å². The van der Waals surface area contributed by atoms with Gasteiger partial charge in [0.15, 0.2) is 0 Å². The van der Waals surface area contributed by atoms with Crippen LogP contribution >= 0.6 is 11.6 Å². The summed E-state index contributed by atoms with van der Waals surface area (Å²) in [5, 5.41) is 9.52. The lowest BCUT2D eigenvalue weighted by Crippen LogP contribution is -2.50. The number of carboxylic acids is 1. The Morgan fingerprint density at radius 2 is 1.85 bits per heavy atom. The van der Waals surface area contributed by atoms with Crippen LogP contribution in [0.1, 0.15) is 42.5 Å². The monoisotopic (exact) mass is 378 g/mol. The molecule has 3 unspecified atom stereocenters. The molecular formula is C19H23ClN2O4. The minimum Gasteiger partial charge on any atom is -0.480 e. The van der Waals surface area contributed by atoms with Crippen molar-refractivity contribution in [3.05, 3.63) is 34.9 Å². The molecule has 1 saturated heterocycles. The van der Waals surface area contributed by atoms with Crippen LogP contribution in [-0.2, 0) is 9.59 Å². The van der Waals surface area contributed by atoms with E-state index in [1.54, 1.807) is 29.2 Å². The number of carbonyl (C=O) groups excluding carboxylic acids is 2. The van der Waals surface area contributed by atoms with Gasteiger partial charge in [-0.2, -0.15) is 0 Å². The molecule has 0 bridgehead atoms. The van der Waals surface area contributed by atoms with Crippen LogP contribution < -0.4 is 0 Å². The van der Waals surface area contributed by atoms with Crippen molar-refractivity contribution in [2.24, 2.45) is 5.92 Å². The maximum absolute atomic E-state index is 13.2.